The Hall–Kier alpha value is -2.86. The quantitative estimate of drug-likeness (QED) is 0.564. The summed E-state index contributed by atoms with van der Waals surface area (Å²) in [5.74, 6) is -0.981. The minimum absolute atomic E-state index is 0.146. The molecule has 2 unspecified atom stereocenters. The van der Waals surface area contributed by atoms with Gasteiger partial charge in [0.15, 0.2) is 0 Å². The number of hydrogen-bond donors (Lipinski definition) is 2. The molecule has 0 radical (unpaired) electrons. The largest absolute Gasteiger partial charge is 0.451 e. The van der Waals surface area contributed by atoms with Gasteiger partial charge in [-0.3, -0.25) is 9.69 Å². The molecule has 0 bridgehead atoms. The van der Waals surface area contributed by atoms with Gasteiger partial charge < -0.3 is 15.3 Å². The first-order valence-corrected chi connectivity index (χ1v) is 12.7. The van der Waals surface area contributed by atoms with E-state index >= 15 is 0 Å². The van der Waals surface area contributed by atoms with E-state index in [1.54, 1.807) is 0 Å². The summed E-state index contributed by atoms with van der Waals surface area (Å²) in [5.41, 5.74) is 2.20. The van der Waals surface area contributed by atoms with Crippen molar-refractivity contribution in [2.45, 2.75) is 62.5 Å². The molecular formula is C25H30F4N6O2. The van der Waals surface area contributed by atoms with Crippen LogP contribution in [0.5, 0.6) is 0 Å². The van der Waals surface area contributed by atoms with Crippen LogP contribution in [0.3, 0.4) is 0 Å². The summed E-state index contributed by atoms with van der Waals surface area (Å²) in [6, 6.07) is 3.33. The number of fused-ring (bicyclic) bond motifs is 1. The Labute approximate surface area is 212 Å². The molecule has 2 aromatic rings. The molecule has 0 spiro atoms. The van der Waals surface area contributed by atoms with Crippen molar-refractivity contribution in [3.63, 3.8) is 0 Å². The van der Waals surface area contributed by atoms with E-state index < -0.39 is 24.2 Å². The number of carbonyl (C=O) groups is 1. The Balaban J connectivity index is 1.30. The number of β-amino-alcohol motifs (C(OH)–C–C–N with tert-alkyl or cyclic N) is 1. The number of aryl methyl sites for hydroxylation is 1. The van der Waals surface area contributed by atoms with Crippen molar-refractivity contribution in [2.75, 3.05) is 37.6 Å². The number of halogens is 4. The standard InChI is InChI=1S/C25H30F4N6O2/c26-16-6-8-34(9-7-16)21(15-10-31-24(32-11-15)25(27,28)29)12-30-23(37)19-2-1-3-20-18(19)4-5-22(33-20)35-13-17(36)14-35/h4-5,10-11,16-17,19,21,36H,1-3,6-9,12-14H2,(H,30,37). The maximum absolute atomic E-state index is 13.8. The number of alkyl halides is 4. The first-order valence-electron chi connectivity index (χ1n) is 12.7. The number of hydrogen-bond acceptors (Lipinski definition) is 7. The first-order chi connectivity index (χ1) is 17.7. The fourth-order valence-electron chi connectivity index (χ4n) is 5.35. The highest BCUT2D eigenvalue weighted by atomic mass is 19.4. The van der Waals surface area contributed by atoms with Gasteiger partial charge in [0, 0.05) is 56.4 Å². The third-order valence-electron chi connectivity index (χ3n) is 7.46. The van der Waals surface area contributed by atoms with Crippen LogP contribution in [0.25, 0.3) is 0 Å². The van der Waals surface area contributed by atoms with Gasteiger partial charge in [0.05, 0.1) is 18.1 Å². The molecule has 4 heterocycles. The zero-order valence-corrected chi connectivity index (χ0v) is 20.3. The molecule has 2 atom stereocenters. The SMILES string of the molecule is O=C(NCC(c1cnc(C(F)(F)F)nc1)N1CCC(F)CC1)C1CCCc2nc(N3CC(O)C3)ccc21. The molecule has 2 N–H and O–H groups in total. The number of aromatic nitrogens is 3. The van der Waals surface area contributed by atoms with E-state index in [4.69, 9.17) is 4.98 Å². The normalized spacial score (nSPS) is 22.3. The molecule has 0 aromatic carbocycles. The number of piperidine rings is 1. The predicted molar refractivity (Wildman–Crippen MR) is 127 cm³/mol. The van der Waals surface area contributed by atoms with E-state index in [0.717, 1.165) is 42.3 Å². The van der Waals surface area contributed by atoms with Gasteiger partial charge >= 0.3 is 6.18 Å². The van der Waals surface area contributed by atoms with Crippen LogP contribution >= 0.6 is 0 Å². The Morgan fingerprint density at radius 2 is 1.84 bits per heavy atom. The average Bonchev–Trinajstić information content (AvgIpc) is 2.87. The molecule has 1 aliphatic carbocycles. The highest BCUT2D eigenvalue weighted by Crippen LogP contribution is 2.34. The predicted octanol–water partition coefficient (Wildman–Crippen LogP) is 2.78. The van der Waals surface area contributed by atoms with Crippen molar-refractivity contribution in [1.29, 1.82) is 0 Å². The smallest absolute Gasteiger partial charge is 0.389 e. The summed E-state index contributed by atoms with van der Waals surface area (Å²) in [7, 11) is 0. The molecule has 2 aromatic heterocycles. The average molecular weight is 523 g/mol. The van der Waals surface area contributed by atoms with Gasteiger partial charge in [-0.15, -0.1) is 0 Å². The van der Waals surface area contributed by atoms with Crippen LogP contribution < -0.4 is 10.2 Å². The maximum Gasteiger partial charge on any atom is 0.451 e. The molecule has 0 saturated carbocycles. The Bertz CT molecular complexity index is 1100. The van der Waals surface area contributed by atoms with Crippen LogP contribution in [0.15, 0.2) is 24.5 Å². The van der Waals surface area contributed by atoms with Gasteiger partial charge in [0.25, 0.3) is 0 Å². The van der Waals surface area contributed by atoms with E-state index in [0.29, 0.717) is 51.0 Å². The van der Waals surface area contributed by atoms with Gasteiger partial charge in [-0.25, -0.2) is 19.3 Å². The number of nitrogens with one attached hydrogen (secondary N) is 1. The number of nitrogens with zero attached hydrogens (tertiary/aromatic N) is 5. The van der Waals surface area contributed by atoms with Gasteiger partial charge in [0.2, 0.25) is 11.7 Å². The summed E-state index contributed by atoms with van der Waals surface area (Å²) >= 11 is 0. The van der Waals surface area contributed by atoms with E-state index in [2.05, 4.69) is 15.3 Å². The number of aliphatic hydroxyl groups excluding tert-OH is 1. The van der Waals surface area contributed by atoms with E-state index in [9.17, 15) is 27.5 Å². The van der Waals surface area contributed by atoms with Crippen LogP contribution in [0.2, 0.25) is 0 Å². The third kappa shape index (κ3) is 5.69. The lowest BCUT2D eigenvalue weighted by Gasteiger charge is -2.37. The Morgan fingerprint density at radius 3 is 2.49 bits per heavy atom. The van der Waals surface area contributed by atoms with Crippen LogP contribution in [0.4, 0.5) is 23.4 Å². The molecule has 3 aliphatic rings. The van der Waals surface area contributed by atoms with Crippen molar-refractivity contribution in [3.05, 3.63) is 47.2 Å². The van der Waals surface area contributed by atoms with E-state index in [-0.39, 0.29) is 24.5 Å². The van der Waals surface area contributed by atoms with Crippen molar-refractivity contribution in [1.82, 2.24) is 25.2 Å². The summed E-state index contributed by atoms with van der Waals surface area (Å²) in [4.78, 5) is 29.0. The molecule has 200 valence electrons. The summed E-state index contributed by atoms with van der Waals surface area (Å²) in [6.45, 7) is 2.09. The molecule has 1 amide bonds. The fraction of sp³-hybridized carbons (Fsp3) is 0.600. The third-order valence-corrected chi connectivity index (χ3v) is 7.46. The lowest BCUT2D eigenvalue weighted by Crippen LogP contribution is -2.51. The molecule has 2 aliphatic heterocycles. The minimum atomic E-state index is -4.65. The fourth-order valence-corrected chi connectivity index (χ4v) is 5.35. The number of pyridine rings is 1. The molecule has 12 heteroatoms. The molecule has 8 nitrogen and oxygen atoms in total. The second-order valence-electron chi connectivity index (χ2n) is 10.0. The van der Waals surface area contributed by atoms with Crippen LogP contribution in [0, 0.1) is 0 Å². The van der Waals surface area contributed by atoms with E-state index in [1.807, 2.05) is 21.9 Å². The van der Waals surface area contributed by atoms with Gasteiger partial charge in [0.1, 0.15) is 12.0 Å². The van der Waals surface area contributed by atoms with E-state index in [1.165, 1.54) is 0 Å². The van der Waals surface area contributed by atoms with Crippen molar-refractivity contribution >= 4 is 11.7 Å². The number of amides is 1. The molecule has 37 heavy (non-hydrogen) atoms. The van der Waals surface area contributed by atoms with Gasteiger partial charge in [-0.1, -0.05) is 6.07 Å². The van der Waals surface area contributed by atoms with Crippen LogP contribution in [-0.4, -0.2) is 75.9 Å². The molecular weight excluding hydrogens is 492 g/mol. The van der Waals surface area contributed by atoms with Crippen molar-refractivity contribution in [3.8, 4) is 0 Å². The Kier molecular flexibility index (Phi) is 7.30. The summed E-state index contributed by atoms with van der Waals surface area (Å²) in [5, 5.41) is 12.6. The zero-order valence-electron chi connectivity index (χ0n) is 20.3. The highest BCUT2D eigenvalue weighted by molar-refractivity contribution is 5.84. The maximum atomic E-state index is 13.8. The van der Waals surface area contributed by atoms with Crippen molar-refractivity contribution < 1.29 is 27.5 Å². The number of rotatable bonds is 6. The van der Waals surface area contributed by atoms with Gasteiger partial charge in [-0.2, -0.15) is 13.2 Å². The first kappa shape index (κ1) is 25.8. The number of aliphatic hydroxyl groups is 1. The number of carbonyl (C=O) groups excluding carboxylic acids is 1. The molecule has 2 saturated heterocycles. The summed E-state index contributed by atoms with van der Waals surface area (Å²) < 4.78 is 52.6. The highest BCUT2D eigenvalue weighted by Gasteiger charge is 2.36. The lowest BCUT2D eigenvalue weighted by atomic mass is 9.85. The van der Waals surface area contributed by atoms with Crippen LogP contribution in [0.1, 0.15) is 60.3 Å². The second-order valence-corrected chi connectivity index (χ2v) is 10.0. The summed E-state index contributed by atoms with van der Waals surface area (Å²) in [6.07, 6.45) is -0.715. The zero-order chi connectivity index (χ0) is 26.2. The van der Waals surface area contributed by atoms with Gasteiger partial charge in [-0.05, 0) is 43.7 Å². The minimum Gasteiger partial charge on any atom is -0.389 e. The lowest BCUT2D eigenvalue weighted by molar-refractivity contribution is -0.145. The second kappa shape index (κ2) is 10.5. The van der Waals surface area contributed by atoms with Crippen molar-refractivity contribution in [2.24, 2.45) is 0 Å². The Morgan fingerprint density at radius 1 is 1.14 bits per heavy atom. The molecule has 2 fully saturated rings. The number of likely N-dealkylation sites (tertiary alicyclic amines) is 1. The topological polar surface area (TPSA) is 94.5 Å². The molecule has 5 rings (SSSR count). The monoisotopic (exact) mass is 522 g/mol. The number of anilines is 1. The van der Waals surface area contributed by atoms with Crippen LogP contribution in [-0.2, 0) is 17.4 Å².